The molecule has 1 fully saturated rings. The molecule has 0 radical (unpaired) electrons. The number of hydrogen-bond donors (Lipinski definition) is 0. The molecule has 0 bridgehead atoms. The summed E-state index contributed by atoms with van der Waals surface area (Å²) in [5.74, 6) is -0.296. The molecule has 1 nitrogen and oxygen atoms in total. The molecule has 1 aliphatic carbocycles. The molecule has 0 unspecified atom stereocenters. The van der Waals surface area contributed by atoms with E-state index in [0.29, 0.717) is 24.3 Å². The van der Waals surface area contributed by atoms with E-state index in [4.69, 9.17) is 4.74 Å². The molecule has 1 saturated carbocycles. The van der Waals surface area contributed by atoms with Crippen molar-refractivity contribution < 1.29 is 13.5 Å². The SMILES string of the molecule is CC=COc1ccc(CCc2ccc(C3CCC(C)CC3)cc2)c(F)c1F. The Hall–Kier alpha value is -2.16. The average molecular weight is 370 g/mol. The number of hydrogen-bond acceptors (Lipinski definition) is 1. The van der Waals surface area contributed by atoms with E-state index in [-0.39, 0.29) is 5.75 Å². The first-order chi connectivity index (χ1) is 13.1. The predicted octanol–water partition coefficient (Wildman–Crippen LogP) is 6.96. The van der Waals surface area contributed by atoms with E-state index in [2.05, 4.69) is 31.2 Å². The van der Waals surface area contributed by atoms with E-state index in [9.17, 15) is 8.78 Å². The molecule has 3 rings (SSSR count). The van der Waals surface area contributed by atoms with Crippen LogP contribution in [0.5, 0.6) is 5.75 Å². The van der Waals surface area contributed by atoms with Crippen LogP contribution in [0.1, 0.15) is 62.1 Å². The zero-order valence-corrected chi connectivity index (χ0v) is 16.2. The summed E-state index contributed by atoms with van der Waals surface area (Å²) in [5.41, 5.74) is 2.94. The van der Waals surface area contributed by atoms with Gasteiger partial charge in [0.15, 0.2) is 11.6 Å². The topological polar surface area (TPSA) is 9.23 Å². The summed E-state index contributed by atoms with van der Waals surface area (Å²) >= 11 is 0. The molecule has 1 aliphatic rings. The van der Waals surface area contributed by atoms with Crippen molar-refractivity contribution in [2.24, 2.45) is 5.92 Å². The van der Waals surface area contributed by atoms with E-state index in [0.717, 1.165) is 11.5 Å². The number of halogens is 2. The molecule has 27 heavy (non-hydrogen) atoms. The van der Waals surface area contributed by atoms with Crippen molar-refractivity contribution in [1.29, 1.82) is 0 Å². The van der Waals surface area contributed by atoms with Crippen molar-refractivity contribution in [2.45, 2.75) is 58.3 Å². The molecule has 0 N–H and O–H groups in total. The van der Waals surface area contributed by atoms with Gasteiger partial charge in [0.1, 0.15) is 0 Å². The quantitative estimate of drug-likeness (QED) is 0.500. The Morgan fingerprint density at radius 2 is 1.63 bits per heavy atom. The lowest BCUT2D eigenvalue weighted by molar-refractivity contribution is 0.348. The molecule has 0 amide bonds. The van der Waals surface area contributed by atoms with Gasteiger partial charge in [-0.15, -0.1) is 0 Å². The van der Waals surface area contributed by atoms with Crippen LogP contribution in [0.2, 0.25) is 0 Å². The van der Waals surface area contributed by atoms with Gasteiger partial charge in [0, 0.05) is 0 Å². The van der Waals surface area contributed by atoms with E-state index in [1.165, 1.54) is 43.6 Å². The van der Waals surface area contributed by atoms with Gasteiger partial charge in [0.05, 0.1) is 6.26 Å². The molecule has 0 heterocycles. The van der Waals surface area contributed by atoms with Crippen LogP contribution in [0.25, 0.3) is 0 Å². The maximum Gasteiger partial charge on any atom is 0.201 e. The minimum absolute atomic E-state index is 0.0829. The van der Waals surface area contributed by atoms with Crippen LogP contribution >= 0.6 is 0 Å². The Balaban J connectivity index is 1.61. The molecule has 0 saturated heterocycles. The summed E-state index contributed by atoms with van der Waals surface area (Å²) in [7, 11) is 0. The van der Waals surface area contributed by atoms with Gasteiger partial charge in [-0.25, -0.2) is 4.39 Å². The fourth-order valence-electron chi connectivity index (χ4n) is 3.83. The highest BCUT2D eigenvalue weighted by Crippen LogP contribution is 2.35. The van der Waals surface area contributed by atoms with E-state index < -0.39 is 11.6 Å². The average Bonchev–Trinajstić information content (AvgIpc) is 2.69. The fraction of sp³-hybridized carbons (Fsp3) is 0.417. The molecule has 144 valence electrons. The highest BCUT2D eigenvalue weighted by atomic mass is 19.2. The zero-order valence-electron chi connectivity index (χ0n) is 16.2. The Kier molecular flexibility index (Phi) is 6.65. The minimum atomic E-state index is -0.924. The first kappa shape index (κ1) is 19.6. The summed E-state index contributed by atoms with van der Waals surface area (Å²) < 4.78 is 33.4. The summed E-state index contributed by atoms with van der Waals surface area (Å²) in [6.07, 6.45) is 9.28. The predicted molar refractivity (Wildman–Crippen MR) is 106 cm³/mol. The van der Waals surface area contributed by atoms with Gasteiger partial charge in [-0.05, 0) is 67.2 Å². The third kappa shape index (κ3) is 4.97. The lowest BCUT2D eigenvalue weighted by atomic mass is 9.79. The molecular formula is C24H28F2O. The smallest absolute Gasteiger partial charge is 0.201 e. The van der Waals surface area contributed by atoms with Crippen LogP contribution in [0.15, 0.2) is 48.7 Å². The largest absolute Gasteiger partial charge is 0.462 e. The lowest BCUT2D eigenvalue weighted by Crippen LogP contribution is -2.10. The Bertz CT molecular complexity index is 772. The standard InChI is InChI=1S/C24H28F2O/c1-3-16-27-22-15-14-21(23(25)24(22)26)13-8-18-6-11-20(12-7-18)19-9-4-17(2)5-10-19/h3,6-7,11-12,14-17,19H,4-5,8-10,13H2,1-2H3. The first-order valence-electron chi connectivity index (χ1n) is 9.92. The fourth-order valence-corrected chi connectivity index (χ4v) is 3.83. The van der Waals surface area contributed by atoms with Crippen LogP contribution in [-0.4, -0.2) is 0 Å². The second-order valence-electron chi connectivity index (χ2n) is 7.64. The molecular weight excluding hydrogens is 342 g/mol. The Labute approximate surface area is 161 Å². The molecule has 0 aromatic heterocycles. The van der Waals surface area contributed by atoms with E-state index in [1.807, 2.05) is 0 Å². The van der Waals surface area contributed by atoms with Gasteiger partial charge in [0.2, 0.25) is 5.82 Å². The zero-order chi connectivity index (χ0) is 19.2. The number of aryl methyl sites for hydroxylation is 2. The van der Waals surface area contributed by atoms with Crippen molar-refractivity contribution in [1.82, 2.24) is 0 Å². The number of rotatable bonds is 6. The summed E-state index contributed by atoms with van der Waals surface area (Å²) in [4.78, 5) is 0. The van der Waals surface area contributed by atoms with Crippen LogP contribution in [0, 0.1) is 17.6 Å². The number of ether oxygens (including phenoxy) is 1. The van der Waals surface area contributed by atoms with Crippen molar-refractivity contribution in [3.8, 4) is 5.75 Å². The lowest BCUT2D eigenvalue weighted by Gasteiger charge is -2.26. The highest BCUT2D eigenvalue weighted by molar-refractivity contribution is 5.33. The number of allylic oxidation sites excluding steroid dienone is 1. The van der Waals surface area contributed by atoms with Crippen molar-refractivity contribution in [3.63, 3.8) is 0 Å². The highest BCUT2D eigenvalue weighted by Gasteiger charge is 2.19. The number of benzene rings is 2. The molecule has 0 aliphatic heterocycles. The van der Waals surface area contributed by atoms with Gasteiger partial charge in [-0.2, -0.15) is 4.39 Å². The summed E-state index contributed by atoms with van der Waals surface area (Å²) in [6.45, 7) is 4.09. The van der Waals surface area contributed by atoms with Gasteiger partial charge in [-0.1, -0.05) is 56.2 Å². The van der Waals surface area contributed by atoms with Crippen molar-refractivity contribution >= 4 is 0 Å². The molecule has 3 heteroatoms. The molecule has 0 spiro atoms. The minimum Gasteiger partial charge on any atom is -0.462 e. The van der Waals surface area contributed by atoms with Crippen molar-refractivity contribution in [2.75, 3.05) is 0 Å². The van der Waals surface area contributed by atoms with Gasteiger partial charge in [-0.3, -0.25) is 0 Å². The van der Waals surface area contributed by atoms with Crippen LogP contribution in [0.4, 0.5) is 8.78 Å². The second kappa shape index (κ2) is 9.16. The van der Waals surface area contributed by atoms with E-state index in [1.54, 1.807) is 19.1 Å². The molecule has 2 aromatic rings. The second-order valence-corrected chi connectivity index (χ2v) is 7.64. The summed E-state index contributed by atoms with van der Waals surface area (Å²) in [5, 5.41) is 0. The maximum absolute atomic E-state index is 14.3. The Morgan fingerprint density at radius 1 is 0.926 bits per heavy atom. The van der Waals surface area contributed by atoms with Gasteiger partial charge >= 0.3 is 0 Å². The van der Waals surface area contributed by atoms with E-state index >= 15 is 0 Å². The van der Waals surface area contributed by atoms with Gasteiger partial charge < -0.3 is 4.74 Å². The molecule has 2 aromatic carbocycles. The molecule has 0 atom stereocenters. The third-order valence-electron chi connectivity index (χ3n) is 5.61. The summed E-state index contributed by atoms with van der Waals surface area (Å²) in [6, 6.07) is 11.8. The monoisotopic (exact) mass is 370 g/mol. The normalized spacial score (nSPS) is 20.1. The first-order valence-corrected chi connectivity index (χ1v) is 9.92. The van der Waals surface area contributed by atoms with Crippen LogP contribution in [0.3, 0.4) is 0 Å². The van der Waals surface area contributed by atoms with Crippen molar-refractivity contribution in [3.05, 3.63) is 77.1 Å². The van der Waals surface area contributed by atoms with Gasteiger partial charge in [0.25, 0.3) is 0 Å². The van der Waals surface area contributed by atoms with Crippen LogP contribution < -0.4 is 4.74 Å². The Morgan fingerprint density at radius 3 is 2.30 bits per heavy atom. The maximum atomic E-state index is 14.3. The van der Waals surface area contributed by atoms with Crippen LogP contribution in [-0.2, 0) is 12.8 Å². The third-order valence-corrected chi connectivity index (χ3v) is 5.61.